The van der Waals surface area contributed by atoms with Gasteiger partial charge in [-0.1, -0.05) is 54.2 Å². The van der Waals surface area contributed by atoms with E-state index in [0.717, 1.165) is 17.3 Å². The summed E-state index contributed by atoms with van der Waals surface area (Å²) < 4.78 is 5.75. The van der Waals surface area contributed by atoms with Crippen LogP contribution in [-0.2, 0) is 4.74 Å². The second-order valence-corrected chi connectivity index (χ2v) is 6.22. The average Bonchev–Trinajstić information content (AvgIpc) is 2.99. The first-order valence-electron chi connectivity index (χ1n) is 7.02. The van der Waals surface area contributed by atoms with Gasteiger partial charge in [0.15, 0.2) is 0 Å². The molecule has 24 heavy (non-hydrogen) atoms. The van der Waals surface area contributed by atoms with E-state index in [9.17, 15) is 20.2 Å². The quantitative estimate of drug-likeness (QED) is 0.609. The Kier molecular flexibility index (Phi) is 4.48. The molecule has 1 aliphatic rings. The Morgan fingerprint density at radius 3 is 2.21 bits per heavy atom. The van der Waals surface area contributed by atoms with Gasteiger partial charge in [0.1, 0.15) is 6.10 Å². The summed E-state index contributed by atoms with van der Waals surface area (Å²) in [6, 6.07) is 15.5. The number of hydrogen-bond acceptors (Lipinski definition) is 6. The maximum atomic E-state index is 10.8. The molecule has 2 atom stereocenters. The van der Waals surface area contributed by atoms with Crippen molar-refractivity contribution in [2.24, 2.45) is 0 Å². The molecular formula is C16H12N2O5S. The van der Waals surface area contributed by atoms with Crippen molar-refractivity contribution in [3.63, 3.8) is 0 Å². The Hall–Kier alpha value is -2.87. The highest BCUT2D eigenvalue weighted by molar-refractivity contribution is 8.03. The summed E-state index contributed by atoms with van der Waals surface area (Å²) in [5.74, 6) is 0. The summed E-state index contributed by atoms with van der Waals surface area (Å²) in [6.07, 6.45) is 0.440. The summed E-state index contributed by atoms with van der Waals surface area (Å²) in [4.78, 5) is 20.5. The lowest BCUT2D eigenvalue weighted by Crippen LogP contribution is -2.04. The van der Waals surface area contributed by atoms with E-state index in [2.05, 4.69) is 0 Å². The van der Waals surface area contributed by atoms with Crippen molar-refractivity contribution in [2.45, 2.75) is 11.4 Å². The van der Waals surface area contributed by atoms with Crippen molar-refractivity contribution in [3.8, 4) is 0 Å². The zero-order chi connectivity index (χ0) is 17.1. The van der Waals surface area contributed by atoms with Gasteiger partial charge in [-0.25, -0.2) is 0 Å². The topological polar surface area (TPSA) is 95.5 Å². The van der Waals surface area contributed by atoms with Crippen LogP contribution < -0.4 is 0 Å². The number of nitro groups is 2. The maximum absolute atomic E-state index is 10.8. The largest absolute Gasteiger partial charge is 0.472 e. The van der Waals surface area contributed by atoms with Gasteiger partial charge in [0, 0.05) is 12.1 Å². The molecule has 1 fully saturated rings. The molecule has 7 nitrogen and oxygen atoms in total. The van der Waals surface area contributed by atoms with Gasteiger partial charge < -0.3 is 4.74 Å². The molecule has 3 rings (SSSR count). The van der Waals surface area contributed by atoms with Crippen LogP contribution in [0.4, 0.5) is 5.69 Å². The summed E-state index contributed by atoms with van der Waals surface area (Å²) in [6.45, 7) is 0. The monoisotopic (exact) mass is 344 g/mol. The smallest absolute Gasteiger partial charge is 0.282 e. The van der Waals surface area contributed by atoms with E-state index >= 15 is 0 Å². The SMILES string of the molecule is O=[N+]([O-])/C=C1/OC(c2ccccc2)C(c2ccc([N+](=O)[O-])cc2)S1. The molecule has 0 amide bonds. The van der Waals surface area contributed by atoms with Crippen LogP contribution in [0, 0.1) is 20.2 Å². The van der Waals surface area contributed by atoms with E-state index < -0.39 is 16.0 Å². The fourth-order valence-corrected chi connectivity index (χ4v) is 3.65. The predicted octanol–water partition coefficient (Wildman–Crippen LogP) is 4.22. The molecule has 122 valence electrons. The fourth-order valence-electron chi connectivity index (χ4n) is 2.46. The standard InChI is InChI=1S/C16H12N2O5S/c19-17(20)10-14-23-15(11-4-2-1-3-5-11)16(24-14)12-6-8-13(9-7-12)18(21)22/h1-10,15-16H/b14-10-. The number of nitro benzene ring substituents is 1. The zero-order valence-electron chi connectivity index (χ0n) is 12.3. The van der Waals surface area contributed by atoms with Crippen LogP contribution in [0.2, 0.25) is 0 Å². The minimum absolute atomic E-state index is 0.0000153. The molecule has 0 bridgehead atoms. The summed E-state index contributed by atoms with van der Waals surface area (Å²) >= 11 is 1.24. The number of ether oxygens (including phenoxy) is 1. The third-order valence-corrected chi connectivity index (χ3v) is 4.74. The van der Waals surface area contributed by atoms with Crippen LogP contribution in [0.5, 0.6) is 0 Å². The maximum Gasteiger partial charge on any atom is 0.282 e. The van der Waals surface area contributed by atoms with Crippen molar-refractivity contribution < 1.29 is 14.6 Å². The molecule has 8 heteroatoms. The Morgan fingerprint density at radius 2 is 1.62 bits per heavy atom. The molecule has 0 radical (unpaired) electrons. The lowest BCUT2D eigenvalue weighted by Gasteiger charge is -2.17. The Labute approximate surface area is 141 Å². The van der Waals surface area contributed by atoms with Gasteiger partial charge in [-0.3, -0.25) is 20.2 Å². The predicted molar refractivity (Wildman–Crippen MR) is 88.8 cm³/mol. The van der Waals surface area contributed by atoms with E-state index in [-0.39, 0.29) is 16.0 Å². The first-order chi connectivity index (χ1) is 11.5. The van der Waals surface area contributed by atoms with E-state index in [0.29, 0.717) is 0 Å². The van der Waals surface area contributed by atoms with Crippen molar-refractivity contribution in [1.82, 2.24) is 0 Å². The lowest BCUT2D eigenvalue weighted by atomic mass is 10.0. The normalized spacial score (nSPS) is 21.4. The van der Waals surface area contributed by atoms with Crippen molar-refractivity contribution in [1.29, 1.82) is 0 Å². The van der Waals surface area contributed by atoms with Crippen LogP contribution in [-0.4, -0.2) is 9.85 Å². The van der Waals surface area contributed by atoms with E-state index in [4.69, 9.17) is 4.74 Å². The highest BCUT2D eigenvalue weighted by Gasteiger charge is 2.37. The third kappa shape index (κ3) is 3.38. The molecule has 2 unspecified atom stereocenters. The van der Waals surface area contributed by atoms with Gasteiger partial charge in [-0.05, 0) is 11.1 Å². The van der Waals surface area contributed by atoms with Gasteiger partial charge in [0.2, 0.25) is 5.09 Å². The number of benzene rings is 2. The number of hydrogen-bond donors (Lipinski definition) is 0. The van der Waals surface area contributed by atoms with Crippen molar-refractivity contribution >= 4 is 17.4 Å². The minimum atomic E-state index is -0.553. The molecule has 0 saturated carbocycles. The van der Waals surface area contributed by atoms with Crippen LogP contribution >= 0.6 is 11.8 Å². The number of nitrogens with zero attached hydrogens (tertiary/aromatic N) is 2. The minimum Gasteiger partial charge on any atom is -0.472 e. The first-order valence-corrected chi connectivity index (χ1v) is 7.90. The molecule has 1 aliphatic heterocycles. The molecule has 2 aromatic rings. The molecular weight excluding hydrogens is 332 g/mol. The van der Waals surface area contributed by atoms with Crippen molar-refractivity contribution in [2.75, 3.05) is 0 Å². The first kappa shape index (κ1) is 16.0. The van der Waals surface area contributed by atoms with Gasteiger partial charge in [0.05, 0.1) is 15.1 Å². The molecule has 0 spiro atoms. The van der Waals surface area contributed by atoms with Crippen LogP contribution in [0.1, 0.15) is 22.5 Å². The third-order valence-electron chi connectivity index (χ3n) is 3.53. The van der Waals surface area contributed by atoms with Gasteiger partial charge in [-0.15, -0.1) is 0 Å². The van der Waals surface area contributed by atoms with E-state index in [1.165, 1.54) is 23.9 Å². The molecule has 0 aliphatic carbocycles. The lowest BCUT2D eigenvalue weighted by molar-refractivity contribution is -0.404. The summed E-state index contributed by atoms with van der Waals surface area (Å²) in [5.41, 5.74) is 1.70. The second-order valence-electron chi connectivity index (χ2n) is 5.07. The zero-order valence-corrected chi connectivity index (χ0v) is 13.1. The summed E-state index contributed by atoms with van der Waals surface area (Å²) in [7, 11) is 0. The Morgan fingerprint density at radius 1 is 0.958 bits per heavy atom. The molecule has 0 aromatic heterocycles. The summed E-state index contributed by atoms with van der Waals surface area (Å²) in [5, 5.41) is 21.5. The number of thioether (sulfide) groups is 1. The number of non-ortho nitro benzene ring substituents is 1. The van der Waals surface area contributed by atoms with E-state index in [1.807, 2.05) is 30.3 Å². The van der Waals surface area contributed by atoms with Gasteiger partial charge in [0.25, 0.3) is 11.9 Å². The molecule has 2 aromatic carbocycles. The van der Waals surface area contributed by atoms with Crippen LogP contribution in [0.15, 0.2) is 65.9 Å². The Balaban J connectivity index is 1.95. The highest BCUT2D eigenvalue weighted by Crippen LogP contribution is 2.53. The molecule has 0 N–H and O–H groups in total. The van der Waals surface area contributed by atoms with Crippen LogP contribution in [0.3, 0.4) is 0 Å². The Bertz CT molecular complexity index is 792. The highest BCUT2D eigenvalue weighted by atomic mass is 32.2. The molecule has 1 heterocycles. The second kappa shape index (κ2) is 6.71. The van der Waals surface area contributed by atoms with Gasteiger partial charge in [-0.2, -0.15) is 0 Å². The average molecular weight is 344 g/mol. The van der Waals surface area contributed by atoms with Gasteiger partial charge >= 0.3 is 0 Å². The number of rotatable bonds is 4. The fraction of sp³-hybridized carbons (Fsp3) is 0.125. The van der Waals surface area contributed by atoms with Crippen molar-refractivity contribution in [3.05, 3.63) is 97.2 Å². The van der Waals surface area contributed by atoms with Crippen LogP contribution in [0.25, 0.3) is 0 Å². The molecule has 1 saturated heterocycles. The van der Waals surface area contributed by atoms with E-state index in [1.54, 1.807) is 12.1 Å².